The van der Waals surface area contributed by atoms with E-state index in [0.29, 0.717) is 6.54 Å². The number of nitrogens with zero attached hydrogens (tertiary/aromatic N) is 8. The summed E-state index contributed by atoms with van der Waals surface area (Å²) in [6, 6.07) is 1.94. The first-order chi connectivity index (χ1) is 14.1. The molecule has 29 heavy (non-hydrogen) atoms. The topological polar surface area (TPSA) is 79.4 Å². The van der Waals surface area contributed by atoms with E-state index in [1.807, 2.05) is 47.1 Å². The fraction of sp³-hybridized carbons (Fsp3) is 0.350. The highest BCUT2D eigenvalue weighted by molar-refractivity contribution is 5.78. The van der Waals surface area contributed by atoms with Gasteiger partial charge in [0.1, 0.15) is 5.54 Å². The minimum atomic E-state index is -0.307. The van der Waals surface area contributed by atoms with E-state index >= 15 is 0 Å². The van der Waals surface area contributed by atoms with Gasteiger partial charge in [0.15, 0.2) is 0 Å². The fourth-order valence-electron chi connectivity index (χ4n) is 4.03. The van der Waals surface area contributed by atoms with Crippen molar-refractivity contribution < 1.29 is 4.74 Å². The molecule has 1 saturated carbocycles. The third-order valence-electron chi connectivity index (χ3n) is 5.65. The van der Waals surface area contributed by atoms with E-state index in [-0.39, 0.29) is 11.6 Å². The molecule has 0 amide bonds. The van der Waals surface area contributed by atoms with Gasteiger partial charge in [-0.25, -0.2) is 16.1 Å². The Bertz CT molecular complexity index is 1220. The minimum absolute atomic E-state index is 0.179. The molecule has 9 nitrogen and oxygen atoms in total. The number of methoxy groups -OCH3 is 1. The average Bonchev–Trinajstić information content (AvgIpc) is 3.43. The molecule has 1 aliphatic carbocycles. The molecule has 0 bridgehead atoms. The molecule has 0 unspecified atom stereocenters. The maximum Gasteiger partial charge on any atom is 0.239 e. The normalized spacial score (nSPS) is 21.2. The third-order valence-corrected chi connectivity index (χ3v) is 5.65. The molecule has 1 fully saturated rings. The molecule has 4 aromatic heterocycles. The van der Waals surface area contributed by atoms with E-state index in [1.54, 1.807) is 24.2 Å². The minimum Gasteiger partial charge on any atom is -0.381 e. The second kappa shape index (κ2) is 6.53. The zero-order valence-corrected chi connectivity index (χ0v) is 16.2. The van der Waals surface area contributed by atoms with Gasteiger partial charge >= 0.3 is 0 Å². The molecule has 0 spiro atoms. The van der Waals surface area contributed by atoms with Crippen LogP contribution in [0.25, 0.3) is 32.9 Å². The molecule has 4 heterocycles. The lowest BCUT2D eigenvalue weighted by Crippen LogP contribution is -2.52. The van der Waals surface area contributed by atoms with Gasteiger partial charge in [0.2, 0.25) is 6.54 Å². The van der Waals surface area contributed by atoms with Crippen LogP contribution in [0.3, 0.4) is 0 Å². The van der Waals surface area contributed by atoms with Crippen LogP contribution in [0, 0.1) is 6.57 Å². The van der Waals surface area contributed by atoms with Gasteiger partial charge in [0.25, 0.3) is 0 Å². The van der Waals surface area contributed by atoms with E-state index < -0.39 is 0 Å². The SMILES string of the molecule is [C-]#[N+]CC1(n2cc(-c3nc(-c4cnn(C)c4)cn4nccc34)cn2)CC(OC)C1. The summed E-state index contributed by atoms with van der Waals surface area (Å²) in [6.07, 6.45) is 12.9. The van der Waals surface area contributed by atoms with Crippen molar-refractivity contribution in [3.63, 3.8) is 0 Å². The predicted octanol–water partition coefficient (Wildman–Crippen LogP) is 2.42. The Morgan fingerprint density at radius 1 is 1.17 bits per heavy atom. The molecule has 0 atom stereocenters. The Morgan fingerprint density at radius 3 is 2.72 bits per heavy atom. The van der Waals surface area contributed by atoms with Crippen LogP contribution in [0.1, 0.15) is 12.8 Å². The summed E-state index contributed by atoms with van der Waals surface area (Å²) in [6.45, 7) is 7.75. The van der Waals surface area contributed by atoms with E-state index in [9.17, 15) is 0 Å². The molecule has 0 N–H and O–H groups in total. The second-order valence-corrected chi connectivity index (χ2v) is 7.52. The standard InChI is InChI=1S/C20H20N8O/c1-21-13-20(6-16(7-20)29-3)28-11-15(9-24-28)19-18-4-5-22-27(18)12-17(25-19)14-8-23-26(2)10-14/h4-5,8-12,16H,6-7,13H2,2-3H3. The van der Waals surface area contributed by atoms with Gasteiger partial charge in [-0.05, 0) is 6.07 Å². The van der Waals surface area contributed by atoms with Crippen molar-refractivity contribution in [2.75, 3.05) is 13.7 Å². The summed E-state index contributed by atoms with van der Waals surface area (Å²) in [5, 5.41) is 13.2. The lowest BCUT2D eigenvalue weighted by molar-refractivity contribution is -0.0482. The average molecular weight is 388 g/mol. The smallest absolute Gasteiger partial charge is 0.239 e. The quantitative estimate of drug-likeness (QED) is 0.491. The van der Waals surface area contributed by atoms with Gasteiger partial charge in [-0.1, -0.05) is 0 Å². The molecule has 5 rings (SSSR count). The van der Waals surface area contributed by atoms with E-state index in [0.717, 1.165) is 40.9 Å². The van der Waals surface area contributed by atoms with E-state index in [4.69, 9.17) is 16.3 Å². The molecule has 4 aromatic rings. The van der Waals surface area contributed by atoms with Crippen molar-refractivity contribution in [1.82, 2.24) is 34.2 Å². The van der Waals surface area contributed by atoms with Gasteiger partial charge < -0.3 is 9.58 Å². The molecule has 0 radical (unpaired) electrons. The van der Waals surface area contributed by atoms with E-state index in [2.05, 4.69) is 20.1 Å². The number of hydrogen-bond acceptors (Lipinski definition) is 5. The van der Waals surface area contributed by atoms with E-state index in [1.165, 1.54) is 0 Å². The lowest BCUT2D eigenvalue weighted by atomic mass is 9.74. The molecule has 1 aliphatic rings. The Hall–Kier alpha value is -3.51. The molecular formula is C20H20N8O. The Morgan fingerprint density at radius 2 is 2.00 bits per heavy atom. The first kappa shape index (κ1) is 17.6. The van der Waals surface area contributed by atoms with Gasteiger partial charge in [-0.15, -0.1) is 0 Å². The van der Waals surface area contributed by atoms with Crippen molar-refractivity contribution in [2.24, 2.45) is 7.05 Å². The summed E-state index contributed by atoms with van der Waals surface area (Å²) in [4.78, 5) is 8.54. The predicted molar refractivity (Wildman–Crippen MR) is 106 cm³/mol. The summed E-state index contributed by atoms with van der Waals surface area (Å²) in [7, 11) is 3.59. The van der Waals surface area contributed by atoms with Crippen molar-refractivity contribution in [2.45, 2.75) is 24.5 Å². The zero-order chi connectivity index (χ0) is 20.0. The highest BCUT2D eigenvalue weighted by Gasteiger charge is 2.50. The van der Waals surface area contributed by atoms with Crippen LogP contribution in [0.4, 0.5) is 0 Å². The highest BCUT2D eigenvalue weighted by Crippen LogP contribution is 2.42. The molecule has 0 aliphatic heterocycles. The Kier molecular flexibility index (Phi) is 3.96. The van der Waals surface area contributed by atoms with Crippen molar-refractivity contribution >= 4 is 5.52 Å². The number of hydrogen-bond donors (Lipinski definition) is 0. The Labute approximate surface area is 167 Å². The van der Waals surface area contributed by atoms with Gasteiger partial charge in [0, 0.05) is 50.5 Å². The summed E-state index contributed by atoms with van der Waals surface area (Å²) >= 11 is 0. The van der Waals surface area contributed by atoms with Gasteiger partial charge in [-0.2, -0.15) is 15.3 Å². The number of aryl methyl sites for hydroxylation is 1. The third kappa shape index (κ3) is 2.80. The molecule has 146 valence electrons. The maximum absolute atomic E-state index is 7.36. The molecular weight excluding hydrogens is 368 g/mol. The molecule has 0 aromatic carbocycles. The first-order valence-electron chi connectivity index (χ1n) is 9.37. The lowest BCUT2D eigenvalue weighted by Gasteiger charge is -2.43. The zero-order valence-electron chi connectivity index (χ0n) is 16.2. The van der Waals surface area contributed by atoms with Crippen LogP contribution in [0.15, 0.2) is 43.2 Å². The van der Waals surface area contributed by atoms with Crippen LogP contribution < -0.4 is 0 Å². The second-order valence-electron chi connectivity index (χ2n) is 7.52. The summed E-state index contributed by atoms with van der Waals surface area (Å²) in [5.74, 6) is 0. The first-order valence-corrected chi connectivity index (χ1v) is 9.37. The van der Waals surface area contributed by atoms with Gasteiger partial charge in [0.05, 0.1) is 47.8 Å². The monoisotopic (exact) mass is 388 g/mol. The molecule has 9 heteroatoms. The number of aromatic nitrogens is 7. The Balaban J connectivity index is 1.58. The van der Waals surface area contributed by atoms with Crippen LogP contribution in [0.2, 0.25) is 0 Å². The molecule has 0 saturated heterocycles. The highest BCUT2D eigenvalue weighted by atomic mass is 16.5. The number of ether oxygens (including phenoxy) is 1. The van der Waals surface area contributed by atoms with Crippen molar-refractivity contribution in [1.29, 1.82) is 0 Å². The van der Waals surface area contributed by atoms with Crippen LogP contribution in [0.5, 0.6) is 0 Å². The van der Waals surface area contributed by atoms with Crippen molar-refractivity contribution in [3.05, 3.63) is 54.7 Å². The largest absolute Gasteiger partial charge is 0.381 e. The van der Waals surface area contributed by atoms with Crippen LogP contribution in [-0.4, -0.2) is 53.9 Å². The summed E-state index contributed by atoms with van der Waals surface area (Å²) < 4.78 is 10.9. The summed E-state index contributed by atoms with van der Waals surface area (Å²) in [5.41, 5.74) is 4.00. The maximum atomic E-state index is 7.36. The van der Waals surface area contributed by atoms with Crippen LogP contribution >= 0.6 is 0 Å². The van der Waals surface area contributed by atoms with Crippen molar-refractivity contribution in [3.8, 4) is 22.5 Å². The number of rotatable bonds is 5. The fourth-order valence-corrected chi connectivity index (χ4v) is 4.03. The number of fused-ring (bicyclic) bond motifs is 1. The van der Waals surface area contributed by atoms with Crippen LogP contribution in [-0.2, 0) is 17.3 Å². The van der Waals surface area contributed by atoms with Gasteiger partial charge in [-0.3, -0.25) is 9.36 Å².